The maximum atomic E-state index is 12.0. The highest BCUT2D eigenvalue weighted by atomic mass is 79.9. The Morgan fingerprint density at radius 3 is 3.04 bits per heavy atom. The lowest BCUT2D eigenvalue weighted by atomic mass is 10.1. The van der Waals surface area contributed by atoms with Crippen LogP contribution in [0.25, 0.3) is 11.2 Å². The predicted octanol–water partition coefficient (Wildman–Crippen LogP) is 3.91. The lowest BCUT2D eigenvalue weighted by Gasteiger charge is -2.10. The molecule has 0 amide bonds. The number of ether oxygens (including phenoxy) is 1. The van der Waals surface area contributed by atoms with Gasteiger partial charge in [-0.2, -0.15) is 0 Å². The average molecular weight is 414 g/mol. The summed E-state index contributed by atoms with van der Waals surface area (Å²) in [5.74, 6) is 0.192. The third-order valence-electron chi connectivity index (χ3n) is 3.53. The van der Waals surface area contributed by atoms with Crippen LogP contribution in [-0.2, 0) is 16.0 Å². The van der Waals surface area contributed by atoms with Crippen LogP contribution >= 0.6 is 27.5 Å². The fraction of sp³-hybridized carbons (Fsp3) is 0.333. The molecule has 0 radical (unpaired) electrons. The van der Waals surface area contributed by atoms with E-state index in [-0.39, 0.29) is 17.6 Å². The molecule has 24 heavy (non-hydrogen) atoms. The molecule has 0 aliphatic carbocycles. The Morgan fingerprint density at radius 1 is 1.54 bits per heavy atom. The minimum atomic E-state index is -0.510. The summed E-state index contributed by atoms with van der Waals surface area (Å²) in [7, 11) is 0. The summed E-state index contributed by atoms with van der Waals surface area (Å²) in [6, 6.07) is 1.87. The van der Waals surface area contributed by atoms with Crippen LogP contribution in [0.1, 0.15) is 36.5 Å². The lowest BCUT2D eigenvalue weighted by molar-refractivity contribution is -0.148. The Balaban J connectivity index is 1.62. The van der Waals surface area contributed by atoms with E-state index in [2.05, 4.69) is 36.0 Å². The smallest absolute Gasteiger partial charge is 0.306 e. The lowest BCUT2D eigenvalue weighted by Crippen LogP contribution is -2.11. The minimum Gasteiger partial charge on any atom is -0.454 e. The number of nitrogens with zero attached hydrogens (tertiary/aromatic N) is 3. The zero-order valence-corrected chi connectivity index (χ0v) is 15.3. The van der Waals surface area contributed by atoms with Gasteiger partial charge < -0.3 is 14.2 Å². The molecule has 0 saturated heterocycles. The Kier molecular flexibility index (Phi) is 4.86. The molecule has 3 rings (SSSR count). The molecule has 0 spiro atoms. The highest BCUT2D eigenvalue weighted by Crippen LogP contribution is 2.23. The van der Waals surface area contributed by atoms with Gasteiger partial charge >= 0.3 is 5.97 Å². The van der Waals surface area contributed by atoms with Crippen LogP contribution in [0.3, 0.4) is 0 Å². The molecule has 0 saturated carbocycles. The van der Waals surface area contributed by atoms with Crippen LogP contribution < -0.4 is 0 Å². The number of pyridine rings is 1. The maximum Gasteiger partial charge on any atom is 0.306 e. The summed E-state index contributed by atoms with van der Waals surface area (Å²) in [6.07, 6.45) is 1.74. The molecule has 126 valence electrons. The third-order valence-corrected chi connectivity index (χ3v) is 4.26. The summed E-state index contributed by atoms with van der Waals surface area (Å²) in [6.45, 7) is 3.53. The highest BCUT2D eigenvalue weighted by molar-refractivity contribution is 9.10. The van der Waals surface area contributed by atoms with Crippen molar-refractivity contribution in [3.05, 3.63) is 39.0 Å². The second-order valence-corrected chi connectivity index (χ2v) is 6.56. The van der Waals surface area contributed by atoms with Gasteiger partial charge in [0.2, 0.25) is 5.22 Å². The number of esters is 1. The molecule has 0 aromatic carbocycles. The first kappa shape index (κ1) is 16.9. The van der Waals surface area contributed by atoms with Gasteiger partial charge in [0.25, 0.3) is 0 Å². The number of aromatic nitrogens is 4. The topological polar surface area (TPSA) is 93.9 Å². The minimum absolute atomic E-state index is 0.177. The van der Waals surface area contributed by atoms with Crippen LogP contribution in [0.2, 0.25) is 5.22 Å². The molecule has 0 bridgehead atoms. The van der Waals surface area contributed by atoms with E-state index in [4.69, 9.17) is 20.9 Å². The number of aryl methyl sites for hydroxylation is 1. The van der Waals surface area contributed by atoms with E-state index in [0.29, 0.717) is 23.6 Å². The van der Waals surface area contributed by atoms with Crippen LogP contribution in [0, 0.1) is 6.92 Å². The number of rotatable bonds is 5. The van der Waals surface area contributed by atoms with Gasteiger partial charge in [0.05, 0.1) is 11.2 Å². The first-order valence-corrected chi connectivity index (χ1v) is 8.42. The largest absolute Gasteiger partial charge is 0.454 e. The monoisotopic (exact) mass is 412 g/mol. The molecule has 3 heterocycles. The number of fused-ring (bicyclic) bond motifs is 1. The van der Waals surface area contributed by atoms with Crippen LogP contribution in [0.4, 0.5) is 0 Å². The van der Waals surface area contributed by atoms with E-state index in [1.54, 1.807) is 20.0 Å². The first-order valence-electron chi connectivity index (χ1n) is 7.25. The van der Waals surface area contributed by atoms with Gasteiger partial charge in [0.15, 0.2) is 11.8 Å². The maximum absolute atomic E-state index is 12.0. The molecule has 1 unspecified atom stereocenters. The van der Waals surface area contributed by atoms with Gasteiger partial charge in [0, 0.05) is 22.7 Å². The van der Waals surface area contributed by atoms with E-state index < -0.39 is 6.10 Å². The molecule has 7 nitrogen and oxygen atoms in total. The van der Waals surface area contributed by atoms with Crippen LogP contribution in [0.15, 0.2) is 21.3 Å². The molecule has 9 heteroatoms. The van der Waals surface area contributed by atoms with Gasteiger partial charge in [-0.1, -0.05) is 5.16 Å². The second-order valence-electron chi connectivity index (χ2n) is 5.30. The zero-order chi connectivity index (χ0) is 17.3. The summed E-state index contributed by atoms with van der Waals surface area (Å²) in [5, 5.41) is 3.96. The van der Waals surface area contributed by atoms with E-state index in [0.717, 1.165) is 15.6 Å². The van der Waals surface area contributed by atoms with Crippen molar-refractivity contribution in [2.45, 2.75) is 32.8 Å². The fourth-order valence-corrected chi connectivity index (χ4v) is 2.86. The summed E-state index contributed by atoms with van der Waals surface area (Å²) in [4.78, 5) is 23.7. The number of halogens is 2. The Bertz CT molecular complexity index is 873. The SMILES string of the molecule is Cc1noc(Cl)c1CCC(=O)OC(C)c1nc2ncc(Br)cc2[nH]1. The molecule has 3 aromatic heterocycles. The third kappa shape index (κ3) is 3.59. The standard InChI is InChI=1S/C15H14BrClN4O3/c1-7-10(13(17)24-21-7)3-4-12(22)23-8(2)14-19-11-5-9(16)6-18-15(11)20-14/h5-6,8H,3-4H2,1-2H3,(H,18,19,20). The summed E-state index contributed by atoms with van der Waals surface area (Å²) >= 11 is 9.23. The van der Waals surface area contributed by atoms with E-state index >= 15 is 0 Å². The number of imidazole rings is 1. The van der Waals surface area contributed by atoms with Gasteiger partial charge in [0.1, 0.15) is 5.82 Å². The van der Waals surface area contributed by atoms with Crippen molar-refractivity contribution in [1.82, 2.24) is 20.1 Å². The van der Waals surface area contributed by atoms with E-state index in [9.17, 15) is 4.79 Å². The summed E-state index contributed by atoms with van der Waals surface area (Å²) < 4.78 is 11.1. The number of carbonyl (C=O) groups excluding carboxylic acids is 1. The van der Waals surface area contributed by atoms with Crippen LogP contribution in [0.5, 0.6) is 0 Å². The van der Waals surface area contributed by atoms with E-state index in [1.807, 2.05) is 6.07 Å². The van der Waals surface area contributed by atoms with Crippen molar-refractivity contribution in [1.29, 1.82) is 0 Å². The fourth-order valence-electron chi connectivity index (χ4n) is 2.26. The number of nitrogens with one attached hydrogen (secondary N) is 1. The molecule has 0 fully saturated rings. The molecule has 1 atom stereocenters. The number of hydrogen-bond donors (Lipinski definition) is 1. The average Bonchev–Trinajstić information content (AvgIpc) is 3.09. The normalized spacial score (nSPS) is 12.5. The van der Waals surface area contributed by atoms with Gasteiger partial charge in [-0.05, 0) is 53.9 Å². The Hall–Kier alpha value is -1.93. The van der Waals surface area contributed by atoms with E-state index in [1.165, 1.54) is 0 Å². The first-order chi connectivity index (χ1) is 11.4. The van der Waals surface area contributed by atoms with Crippen molar-refractivity contribution < 1.29 is 14.1 Å². The zero-order valence-electron chi connectivity index (χ0n) is 13.0. The highest BCUT2D eigenvalue weighted by Gasteiger charge is 2.18. The van der Waals surface area contributed by atoms with Crippen LogP contribution in [-0.4, -0.2) is 26.1 Å². The summed E-state index contributed by atoms with van der Waals surface area (Å²) in [5.41, 5.74) is 2.74. The van der Waals surface area contributed by atoms with Crippen molar-refractivity contribution >= 4 is 44.7 Å². The molecule has 0 aliphatic rings. The van der Waals surface area contributed by atoms with Crippen molar-refractivity contribution in [3.8, 4) is 0 Å². The molecule has 3 aromatic rings. The van der Waals surface area contributed by atoms with Gasteiger partial charge in [-0.3, -0.25) is 4.79 Å². The van der Waals surface area contributed by atoms with Crippen molar-refractivity contribution in [2.75, 3.05) is 0 Å². The Morgan fingerprint density at radius 2 is 2.33 bits per heavy atom. The number of carbonyl (C=O) groups is 1. The molecular weight excluding hydrogens is 400 g/mol. The second kappa shape index (κ2) is 6.90. The molecular formula is C15H14BrClN4O3. The van der Waals surface area contributed by atoms with Gasteiger partial charge in [-0.25, -0.2) is 9.97 Å². The Labute approximate surface area is 150 Å². The number of H-pyrrole nitrogens is 1. The van der Waals surface area contributed by atoms with Crippen molar-refractivity contribution in [3.63, 3.8) is 0 Å². The van der Waals surface area contributed by atoms with Crippen molar-refractivity contribution in [2.24, 2.45) is 0 Å². The number of hydrogen-bond acceptors (Lipinski definition) is 6. The molecule has 0 aliphatic heterocycles. The predicted molar refractivity (Wildman–Crippen MR) is 90.7 cm³/mol. The quantitative estimate of drug-likeness (QED) is 0.637. The number of aromatic amines is 1. The van der Waals surface area contributed by atoms with Gasteiger partial charge in [-0.15, -0.1) is 0 Å². The molecule has 1 N–H and O–H groups in total.